The lowest BCUT2D eigenvalue weighted by Crippen LogP contribution is -2.30. The van der Waals surface area contributed by atoms with Gasteiger partial charge in [0.05, 0.1) is 0 Å². The van der Waals surface area contributed by atoms with Gasteiger partial charge in [-0.2, -0.15) is 0 Å². The van der Waals surface area contributed by atoms with Gasteiger partial charge in [-0.3, -0.25) is 9.59 Å². The van der Waals surface area contributed by atoms with Crippen LogP contribution in [-0.4, -0.2) is 22.9 Å². The van der Waals surface area contributed by atoms with E-state index in [4.69, 9.17) is 10.8 Å². The van der Waals surface area contributed by atoms with Gasteiger partial charge in [-0.1, -0.05) is 12.2 Å². The third-order valence-corrected chi connectivity index (χ3v) is 1.77. The summed E-state index contributed by atoms with van der Waals surface area (Å²) in [6, 6.07) is -0.929. The highest BCUT2D eigenvalue weighted by atomic mass is 16.4. The van der Waals surface area contributed by atoms with E-state index in [9.17, 15) is 9.59 Å². The van der Waals surface area contributed by atoms with Crippen LogP contribution in [0.3, 0.4) is 0 Å². The molecule has 13 heavy (non-hydrogen) atoms. The summed E-state index contributed by atoms with van der Waals surface area (Å²) >= 11 is 0. The van der Waals surface area contributed by atoms with E-state index in [1.165, 1.54) is 6.08 Å². The maximum absolute atomic E-state index is 10.9. The van der Waals surface area contributed by atoms with Gasteiger partial charge >= 0.3 is 5.97 Å². The van der Waals surface area contributed by atoms with Gasteiger partial charge in [0.25, 0.3) is 0 Å². The van der Waals surface area contributed by atoms with Crippen LogP contribution in [0.25, 0.3) is 0 Å². The van der Waals surface area contributed by atoms with Crippen molar-refractivity contribution in [3.8, 4) is 0 Å². The van der Waals surface area contributed by atoms with E-state index >= 15 is 0 Å². The lowest BCUT2D eigenvalue weighted by atomic mass is 10.00. The lowest BCUT2D eigenvalue weighted by molar-refractivity contribution is -0.138. The molecule has 0 unspecified atom stereocenters. The minimum atomic E-state index is -1.05. The number of carbonyl (C=O) groups is 2. The Morgan fingerprint density at radius 3 is 2.92 bits per heavy atom. The van der Waals surface area contributed by atoms with Gasteiger partial charge in [-0.05, 0) is 18.1 Å². The van der Waals surface area contributed by atoms with Crippen LogP contribution in [0.1, 0.15) is 12.8 Å². The number of aliphatic carboxylic acids is 1. The molecule has 0 bridgehead atoms. The molecule has 0 saturated heterocycles. The van der Waals surface area contributed by atoms with Gasteiger partial charge in [0.1, 0.15) is 6.04 Å². The molecule has 0 amide bonds. The molecule has 1 aliphatic carbocycles. The van der Waals surface area contributed by atoms with Crippen LogP contribution < -0.4 is 5.73 Å². The predicted molar refractivity (Wildman–Crippen MR) is 47.1 cm³/mol. The fraction of sp³-hybridized carbons (Fsp3) is 0.333. The first-order chi connectivity index (χ1) is 6.09. The Balaban J connectivity index is 2.59. The van der Waals surface area contributed by atoms with E-state index in [0.29, 0.717) is 12.0 Å². The molecule has 70 valence electrons. The Morgan fingerprint density at radius 2 is 2.38 bits per heavy atom. The minimum Gasteiger partial charge on any atom is -0.480 e. The molecule has 0 radical (unpaired) electrons. The number of rotatable bonds is 3. The number of hydrogen-bond donors (Lipinski definition) is 2. The van der Waals surface area contributed by atoms with Crippen molar-refractivity contribution in [2.24, 2.45) is 5.73 Å². The Hall–Kier alpha value is -1.42. The van der Waals surface area contributed by atoms with Gasteiger partial charge in [0, 0.05) is 6.42 Å². The highest BCUT2D eigenvalue weighted by Crippen LogP contribution is 2.12. The first-order valence-corrected chi connectivity index (χ1v) is 3.98. The topological polar surface area (TPSA) is 80.4 Å². The fourth-order valence-corrected chi connectivity index (χ4v) is 1.11. The summed E-state index contributed by atoms with van der Waals surface area (Å²) in [5, 5.41) is 8.52. The van der Waals surface area contributed by atoms with Gasteiger partial charge in [-0.15, -0.1) is 0 Å². The first-order valence-electron chi connectivity index (χ1n) is 3.98. The number of carbonyl (C=O) groups excluding carboxylic acids is 1. The van der Waals surface area contributed by atoms with E-state index < -0.39 is 12.0 Å². The van der Waals surface area contributed by atoms with Crippen molar-refractivity contribution in [1.29, 1.82) is 0 Å². The smallest absolute Gasteiger partial charge is 0.320 e. The average molecular weight is 181 g/mol. The molecule has 0 aromatic rings. The second kappa shape index (κ2) is 4.00. The molecule has 0 aliphatic heterocycles. The predicted octanol–water partition coefficient (Wildman–Crippen LogP) is 0.244. The molecule has 0 spiro atoms. The van der Waals surface area contributed by atoms with Crippen molar-refractivity contribution < 1.29 is 14.7 Å². The first kappa shape index (κ1) is 9.67. The average Bonchev–Trinajstić information content (AvgIpc) is 2.04. The van der Waals surface area contributed by atoms with Crippen LogP contribution in [0.2, 0.25) is 0 Å². The molecule has 4 nitrogen and oxygen atoms in total. The molecule has 1 atom stereocenters. The highest BCUT2D eigenvalue weighted by molar-refractivity contribution is 5.93. The number of nitrogens with two attached hydrogens (primary N) is 1. The summed E-state index contributed by atoms with van der Waals surface area (Å²) in [4.78, 5) is 21.3. The summed E-state index contributed by atoms with van der Waals surface area (Å²) in [7, 11) is 0. The number of ketones is 1. The third kappa shape index (κ3) is 2.83. The molecule has 0 aromatic carbocycles. The van der Waals surface area contributed by atoms with Crippen molar-refractivity contribution in [2.75, 3.05) is 0 Å². The van der Waals surface area contributed by atoms with E-state index in [1.54, 1.807) is 12.2 Å². The maximum atomic E-state index is 10.9. The van der Waals surface area contributed by atoms with E-state index in [0.717, 1.165) is 0 Å². The van der Waals surface area contributed by atoms with Crippen LogP contribution in [0.4, 0.5) is 0 Å². The molecule has 4 heteroatoms. The summed E-state index contributed by atoms with van der Waals surface area (Å²) in [5.74, 6) is -1.05. The normalized spacial score (nSPS) is 18.2. The molecule has 1 rings (SSSR count). The second-order valence-electron chi connectivity index (χ2n) is 2.94. The molecular weight excluding hydrogens is 170 g/mol. The van der Waals surface area contributed by atoms with Crippen molar-refractivity contribution >= 4 is 11.8 Å². The summed E-state index contributed by atoms with van der Waals surface area (Å²) < 4.78 is 0. The maximum Gasteiger partial charge on any atom is 0.320 e. The lowest BCUT2D eigenvalue weighted by Gasteiger charge is -2.09. The van der Waals surface area contributed by atoms with Crippen LogP contribution in [0.15, 0.2) is 23.8 Å². The largest absolute Gasteiger partial charge is 0.480 e. The molecule has 0 fully saturated rings. The van der Waals surface area contributed by atoms with Crippen molar-refractivity contribution in [3.63, 3.8) is 0 Å². The Bertz CT molecular complexity index is 291. The summed E-state index contributed by atoms with van der Waals surface area (Å²) in [6.45, 7) is 0. The number of allylic oxidation sites excluding steroid dienone is 3. The van der Waals surface area contributed by atoms with Crippen LogP contribution in [-0.2, 0) is 9.59 Å². The van der Waals surface area contributed by atoms with Crippen LogP contribution >= 0.6 is 0 Å². The Morgan fingerprint density at radius 1 is 1.69 bits per heavy atom. The zero-order valence-electron chi connectivity index (χ0n) is 7.06. The number of carboxylic acids is 1. The van der Waals surface area contributed by atoms with E-state index in [2.05, 4.69) is 0 Å². The molecular formula is C9H11NO3. The van der Waals surface area contributed by atoms with E-state index in [-0.39, 0.29) is 12.2 Å². The summed E-state index contributed by atoms with van der Waals surface area (Å²) in [5.41, 5.74) is 5.99. The molecule has 3 N–H and O–H groups in total. The second-order valence-corrected chi connectivity index (χ2v) is 2.94. The SMILES string of the molecule is N[C@@H](CC1=CC(=O)CC=C1)C(=O)O. The van der Waals surface area contributed by atoms with Crippen molar-refractivity contribution in [1.82, 2.24) is 0 Å². The van der Waals surface area contributed by atoms with Crippen LogP contribution in [0.5, 0.6) is 0 Å². The minimum absolute atomic E-state index is 0.00455. The zero-order valence-corrected chi connectivity index (χ0v) is 7.06. The van der Waals surface area contributed by atoms with E-state index in [1.807, 2.05) is 0 Å². The van der Waals surface area contributed by atoms with Gasteiger partial charge < -0.3 is 10.8 Å². The monoisotopic (exact) mass is 181 g/mol. The zero-order chi connectivity index (χ0) is 9.84. The summed E-state index contributed by atoms with van der Waals surface area (Å²) in [6.07, 6.45) is 5.50. The highest BCUT2D eigenvalue weighted by Gasteiger charge is 2.14. The number of hydrogen-bond acceptors (Lipinski definition) is 3. The molecule has 0 aromatic heterocycles. The molecule has 0 heterocycles. The number of carboxylic acid groups (broad SMARTS) is 1. The molecule has 0 saturated carbocycles. The van der Waals surface area contributed by atoms with Crippen LogP contribution in [0, 0.1) is 0 Å². The molecule has 1 aliphatic rings. The van der Waals surface area contributed by atoms with Crippen molar-refractivity contribution in [2.45, 2.75) is 18.9 Å². The quantitative estimate of drug-likeness (QED) is 0.653. The van der Waals surface area contributed by atoms with Gasteiger partial charge in [0.2, 0.25) is 0 Å². The third-order valence-electron chi connectivity index (χ3n) is 1.77. The Labute approximate surface area is 75.7 Å². The van der Waals surface area contributed by atoms with Gasteiger partial charge in [0.15, 0.2) is 5.78 Å². The standard InChI is InChI=1S/C9H11NO3/c10-8(9(12)13)5-6-2-1-3-7(11)4-6/h1-2,4,8H,3,5,10H2,(H,12,13)/t8-/m0/s1. The van der Waals surface area contributed by atoms with Gasteiger partial charge in [-0.25, -0.2) is 0 Å². The van der Waals surface area contributed by atoms with Crippen molar-refractivity contribution in [3.05, 3.63) is 23.8 Å². The fourth-order valence-electron chi connectivity index (χ4n) is 1.11. The Kier molecular flexibility index (Phi) is 2.97.